The summed E-state index contributed by atoms with van der Waals surface area (Å²) in [4.78, 5) is 19.4. The number of amides is 1. The van der Waals surface area contributed by atoms with Gasteiger partial charge in [-0.05, 0) is 55.0 Å². The SMILES string of the molecule is O=C(c1ccnc(NCCCc2ccccc2)c1)N1CCCc2ccccc21. The molecule has 4 heteroatoms. The van der Waals surface area contributed by atoms with E-state index >= 15 is 0 Å². The lowest BCUT2D eigenvalue weighted by Gasteiger charge is -2.29. The Balaban J connectivity index is 1.39. The predicted molar refractivity (Wildman–Crippen MR) is 114 cm³/mol. The summed E-state index contributed by atoms with van der Waals surface area (Å²) in [6, 6.07) is 22.3. The van der Waals surface area contributed by atoms with Gasteiger partial charge in [0.1, 0.15) is 5.82 Å². The van der Waals surface area contributed by atoms with Crippen molar-refractivity contribution in [3.63, 3.8) is 0 Å². The van der Waals surface area contributed by atoms with Gasteiger partial charge in [-0.3, -0.25) is 4.79 Å². The fourth-order valence-electron chi connectivity index (χ4n) is 3.71. The molecule has 2 aromatic carbocycles. The molecule has 1 N–H and O–H groups in total. The van der Waals surface area contributed by atoms with Gasteiger partial charge in [0.15, 0.2) is 0 Å². The normalized spacial score (nSPS) is 13.1. The van der Waals surface area contributed by atoms with Crippen LogP contribution in [-0.2, 0) is 12.8 Å². The van der Waals surface area contributed by atoms with E-state index < -0.39 is 0 Å². The van der Waals surface area contributed by atoms with E-state index in [1.54, 1.807) is 12.3 Å². The molecular formula is C24H25N3O. The van der Waals surface area contributed by atoms with Crippen LogP contribution in [0.2, 0.25) is 0 Å². The molecule has 0 radical (unpaired) electrons. The lowest BCUT2D eigenvalue weighted by atomic mass is 10.0. The lowest BCUT2D eigenvalue weighted by molar-refractivity contribution is 0.0985. The molecular weight excluding hydrogens is 346 g/mol. The van der Waals surface area contributed by atoms with Crippen molar-refractivity contribution >= 4 is 17.4 Å². The smallest absolute Gasteiger partial charge is 0.258 e. The molecule has 0 aliphatic carbocycles. The van der Waals surface area contributed by atoms with Gasteiger partial charge in [-0.1, -0.05) is 48.5 Å². The number of pyridine rings is 1. The highest BCUT2D eigenvalue weighted by molar-refractivity contribution is 6.07. The summed E-state index contributed by atoms with van der Waals surface area (Å²) in [5.41, 5.74) is 4.30. The van der Waals surface area contributed by atoms with E-state index in [-0.39, 0.29) is 5.91 Å². The molecule has 1 aromatic heterocycles. The number of nitrogens with one attached hydrogen (secondary N) is 1. The predicted octanol–water partition coefficient (Wildman–Crippen LogP) is 4.72. The van der Waals surface area contributed by atoms with E-state index in [0.29, 0.717) is 5.56 Å². The molecule has 0 saturated carbocycles. The summed E-state index contributed by atoms with van der Waals surface area (Å²) < 4.78 is 0. The Labute approximate surface area is 166 Å². The monoisotopic (exact) mass is 371 g/mol. The number of para-hydroxylation sites is 1. The maximum absolute atomic E-state index is 13.1. The van der Waals surface area contributed by atoms with E-state index in [1.807, 2.05) is 35.2 Å². The number of fused-ring (bicyclic) bond motifs is 1. The van der Waals surface area contributed by atoms with Crippen molar-refractivity contribution in [2.45, 2.75) is 25.7 Å². The van der Waals surface area contributed by atoms with E-state index in [9.17, 15) is 4.79 Å². The van der Waals surface area contributed by atoms with Crippen LogP contribution in [0.25, 0.3) is 0 Å². The minimum atomic E-state index is 0.0434. The molecule has 0 unspecified atom stereocenters. The molecule has 142 valence electrons. The van der Waals surface area contributed by atoms with Gasteiger partial charge in [-0.15, -0.1) is 0 Å². The van der Waals surface area contributed by atoms with Crippen molar-refractivity contribution in [1.29, 1.82) is 0 Å². The zero-order valence-corrected chi connectivity index (χ0v) is 16.0. The number of hydrogen-bond acceptors (Lipinski definition) is 3. The van der Waals surface area contributed by atoms with Crippen LogP contribution < -0.4 is 10.2 Å². The summed E-state index contributed by atoms with van der Waals surface area (Å²) in [5.74, 6) is 0.797. The number of carbonyl (C=O) groups is 1. The number of anilines is 2. The Morgan fingerprint density at radius 3 is 2.75 bits per heavy atom. The molecule has 1 aliphatic heterocycles. The molecule has 1 amide bonds. The number of rotatable bonds is 6. The fraction of sp³-hybridized carbons (Fsp3) is 0.250. The molecule has 4 rings (SSSR count). The van der Waals surface area contributed by atoms with Gasteiger partial charge in [-0.25, -0.2) is 4.98 Å². The van der Waals surface area contributed by atoms with Gasteiger partial charge in [0.2, 0.25) is 0 Å². The van der Waals surface area contributed by atoms with Crippen molar-refractivity contribution in [1.82, 2.24) is 4.98 Å². The number of hydrogen-bond donors (Lipinski definition) is 1. The van der Waals surface area contributed by atoms with Crippen LogP contribution in [0.1, 0.15) is 34.3 Å². The summed E-state index contributed by atoms with van der Waals surface area (Å²) in [5, 5.41) is 3.35. The fourth-order valence-corrected chi connectivity index (χ4v) is 3.71. The average Bonchev–Trinajstić information content (AvgIpc) is 2.77. The molecule has 0 bridgehead atoms. The second-order valence-electron chi connectivity index (χ2n) is 7.13. The Morgan fingerprint density at radius 1 is 1.04 bits per heavy atom. The van der Waals surface area contributed by atoms with Gasteiger partial charge in [-0.2, -0.15) is 0 Å². The summed E-state index contributed by atoms with van der Waals surface area (Å²) in [6.45, 7) is 1.59. The minimum Gasteiger partial charge on any atom is -0.370 e. The molecule has 4 nitrogen and oxygen atoms in total. The number of carbonyl (C=O) groups excluding carboxylic acids is 1. The van der Waals surface area contributed by atoms with Gasteiger partial charge in [0.05, 0.1) is 0 Å². The first-order valence-corrected chi connectivity index (χ1v) is 9.95. The van der Waals surface area contributed by atoms with E-state index in [2.05, 4.69) is 40.6 Å². The van der Waals surface area contributed by atoms with E-state index in [4.69, 9.17) is 0 Å². The highest BCUT2D eigenvalue weighted by Gasteiger charge is 2.23. The summed E-state index contributed by atoms with van der Waals surface area (Å²) >= 11 is 0. The van der Waals surface area contributed by atoms with Crippen LogP contribution in [0.15, 0.2) is 72.9 Å². The number of nitrogens with zero attached hydrogens (tertiary/aromatic N) is 2. The zero-order valence-electron chi connectivity index (χ0n) is 16.0. The Bertz CT molecular complexity index is 939. The van der Waals surface area contributed by atoms with Gasteiger partial charge in [0.25, 0.3) is 5.91 Å². The molecule has 3 aromatic rings. The lowest BCUT2D eigenvalue weighted by Crippen LogP contribution is -2.35. The molecule has 0 spiro atoms. The van der Waals surface area contributed by atoms with E-state index in [0.717, 1.165) is 50.3 Å². The molecule has 0 atom stereocenters. The van der Waals surface area contributed by atoms with Gasteiger partial charge >= 0.3 is 0 Å². The third-order valence-corrected chi connectivity index (χ3v) is 5.15. The summed E-state index contributed by atoms with van der Waals surface area (Å²) in [6.07, 6.45) is 5.78. The first-order chi connectivity index (χ1) is 13.8. The van der Waals surface area contributed by atoms with Crippen molar-refractivity contribution in [2.75, 3.05) is 23.3 Å². The van der Waals surface area contributed by atoms with Gasteiger partial charge < -0.3 is 10.2 Å². The molecule has 1 aliphatic rings. The van der Waals surface area contributed by atoms with Crippen molar-refractivity contribution in [3.8, 4) is 0 Å². The number of benzene rings is 2. The molecule has 0 saturated heterocycles. The Hall–Kier alpha value is -3.14. The van der Waals surface area contributed by atoms with Crippen molar-refractivity contribution < 1.29 is 4.79 Å². The quantitative estimate of drug-likeness (QED) is 0.638. The highest BCUT2D eigenvalue weighted by Crippen LogP contribution is 2.28. The molecule has 28 heavy (non-hydrogen) atoms. The highest BCUT2D eigenvalue weighted by atomic mass is 16.2. The standard InChI is InChI=1S/C24H25N3O/c28-24(27-17-7-12-20-11-4-5-13-22(20)27)21-14-16-26-23(18-21)25-15-6-10-19-8-2-1-3-9-19/h1-5,8-9,11,13-14,16,18H,6-7,10,12,15,17H2,(H,25,26). The topological polar surface area (TPSA) is 45.2 Å². The second kappa shape index (κ2) is 8.70. The third-order valence-electron chi connectivity index (χ3n) is 5.15. The summed E-state index contributed by atoms with van der Waals surface area (Å²) in [7, 11) is 0. The van der Waals surface area contributed by atoms with E-state index in [1.165, 1.54) is 11.1 Å². The zero-order chi connectivity index (χ0) is 19.2. The van der Waals surface area contributed by atoms with Gasteiger partial charge in [0, 0.05) is 30.5 Å². The number of aromatic nitrogens is 1. The van der Waals surface area contributed by atoms with Crippen LogP contribution in [0.4, 0.5) is 11.5 Å². The first kappa shape index (κ1) is 18.2. The Morgan fingerprint density at radius 2 is 1.86 bits per heavy atom. The van der Waals surface area contributed by atoms with Crippen LogP contribution in [-0.4, -0.2) is 24.0 Å². The van der Waals surface area contributed by atoms with Crippen LogP contribution >= 0.6 is 0 Å². The molecule has 0 fully saturated rings. The van der Waals surface area contributed by atoms with Crippen molar-refractivity contribution in [3.05, 3.63) is 89.6 Å². The maximum Gasteiger partial charge on any atom is 0.258 e. The van der Waals surface area contributed by atoms with Crippen molar-refractivity contribution in [2.24, 2.45) is 0 Å². The van der Waals surface area contributed by atoms with Crippen LogP contribution in [0.3, 0.4) is 0 Å². The first-order valence-electron chi connectivity index (χ1n) is 9.95. The minimum absolute atomic E-state index is 0.0434. The average molecular weight is 371 g/mol. The second-order valence-corrected chi connectivity index (χ2v) is 7.13. The maximum atomic E-state index is 13.1. The Kier molecular flexibility index (Phi) is 5.66. The van der Waals surface area contributed by atoms with Crippen LogP contribution in [0, 0.1) is 0 Å². The van der Waals surface area contributed by atoms with Crippen LogP contribution in [0.5, 0.6) is 0 Å². The number of aryl methyl sites for hydroxylation is 2. The largest absolute Gasteiger partial charge is 0.370 e. The molecule has 2 heterocycles. The third kappa shape index (κ3) is 4.22.